The molecular weight excluding hydrogens is 184 g/mol. The smallest absolute Gasteiger partial charge is 0.213 e. The van der Waals surface area contributed by atoms with Crippen LogP contribution in [0.2, 0.25) is 0 Å². The van der Waals surface area contributed by atoms with Gasteiger partial charge in [0.15, 0.2) is 5.82 Å². The van der Waals surface area contributed by atoms with Crippen molar-refractivity contribution >= 4 is 0 Å². The van der Waals surface area contributed by atoms with E-state index in [0.717, 1.165) is 19.7 Å². The number of ether oxygens (including phenoxy) is 1. The summed E-state index contributed by atoms with van der Waals surface area (Å²) in [4.78, 5) is 6.18. The minimum absolute atomic E-state index is 0.135. The zero-order valence-corrected chi connectivity index (χ0v) is 7.93. The lowest BCUT2D eigenvalue weighted by Crippen LogP contribution is -2.45. The Kier molecular flexibility index (Phi) is 3.07. The second-order valence-corrected chi connectivity index (χ2v) is 3.31. The molecule has 1 aliphatic rings. The van der Waals surface area contributed by atoms with Gasteiger partial charge in [-0.3, -0.25) is 4.90 Å². The first kappa shape index (κ1) is 9.57. The van der Waals surface area contributed by atoms with E-state index in [1.54, 1.807) is 0 Å². The quantitative estimate of drug-likeness (QED) is 0.687. The van der Waals surface area contributed by atoms with Gasteiger partial charge in [-0.05, 0) is 0 Å². The summed E-state index contributed by atoms with van der Waals surface area (Å²) in [6, 6.07) is 0. The monoisotopic (exact) mass is 198 g/mol. The molecule has 1 saturated heterocycles. The molecule has 2 heterocycles. The first-order valence-corrected chi connectivity index (χ1v) is 4.68. The Morgan fingerprint density at radius 3 is 3.29 bits per heavy atom. The number of rotatable bonds is 3. The molecule has 6 heteroatoms. The molecule has 0 amide bonds. The van der Waals surface area contributed by atoms with E-state index in [4.69, 9.17) is 10.5 Å². The van der Waals surface area contributed by atoms with E-state index in [1.807, 2.05) is 0 Å². The fourth-order valence-corrected chi connectivity index (χ4v) is 1.53. The van der Waals surface area contributed by atoms with E-state index in [1.165, 1.54) is 6.39 Å². The number of hydrogen-bond acceptors (Lipinski definition) is 6. The van der Waals surface area contributed by atoms with E-state index in [2.05, 4.69) is 19.6 Å². The Morgan fingerprint density at radius 1 is 1.64 bits per heavy atom. The molecule has 2 rings (SSSR count). The lowest BCUT2D eigenvalue weighted by Gasteiger charge is -2.31. The van der Waals surface area contributed by atoms with Crippen molar-refractivity contribution in [2.75, 3.05) is 26.2 Å². The molecule has 1 unspecified atom stereocenters. The van der Waals surface area contributed by atoms with E-state index in [0.29, 0.717) is 18.9 Å². The average Bonchev–Trinajstić information content (AvgIpc) is 2.71. The van der Waals surface area contributed by atoms with Gasteiger partial charge in [0.2, 0.25) is 6.39 Å². The molecular formula is C8H14N4O2. The second kappa shape index (κ2) is 4.50. The summed E-state index contributed by atoms with van der Waals surface area (Å²) in [7, 11) is 0. The average molecular weight is 198 g/mol. The van der Waals surface area contributed by atoms with Gasteiger partial charge in [-0.15, -0.1) is 0 Å². The van der Waals surface area contributed by atoms with E-state index < -0.39 is 0 Å². The Morgan fingerprint density at radius 2 is 2.57 bits per heavy atom. The summed E-state index contributed by atoms with van der Waals surface area (Å²) in [6.07, 6.45) is 1.48. The topological polar surface area (TPSA) is 77.4 Å². The lowest BCUT2D eigenvalue weighted by atomic mass is 10.2. The van der Waals surface area contributed by atoms with Crippen molar-refractivity contribution < 1.29 is 9.26 Å². The zero-order valence-electron chi connectivity index (χ0n) is 7.93. The van der Waals surface area contributed by atoms with Gasteiger partial charge in [-0.1, -0.05) is 5.16 Å². The molecule has 1 atom stereocenters. The fraction of sp³-hybridized carbons (Fsp3) is 0.750. The largest absolute Gasteiger partial charge is 0.374 e. The van der Waals surface area contributed by atoms with Crippen LogP contribution in [0.4, 0.5) is 0 Å². The van der Waals surface area contributed by atoms with Crippen LogP contribution in [0.5, 0.6) is 0 Å². The Bertz CT molecular complexity index is 264. The molecule has 0 bridgehead atoms. The third-order valence-corrected chi connectivity index (χ3v) is 2.26. The highest BCUT2D eigenvalue weighted by atomic mass is 16.5. The van der Waals surface area contributed by atoms with Gasteiger partial charge in [-0.2, -0.15) is 4.98 Å². The van der Waals surface area contributed by atoms with Crippen LogP contribution in [0.25, 0.3) is 0 Å². The summed E-state index contributed by atoms with van der Waals surface area (Å²) in [6.45, 7) is 3.72. The minimum atomic E-state index is 0.135. The van der Waals surface area contributed by atoms with Crippen LogP contribution in [0.1, 0.15) is 5.82 Å². The summed E-state index contributed by atoms with van der Waals surface area (Å²) in [5, 5.41) is 3.76. The number of hydrogen-bond donors (Lipinski definition) is 1. The molecule has 2 N–H and O–H groups in total. The third-order valence-electron chi connectivity index (χ3n) is 2.26. The maximum atomic E-state index is 5.54. The molecule has 78 valence electrons. The van der Waals surface area contributed by atoms with Gasteiger partial charge in [-0.25, -0.2) is 0 Å². The Hall–Kier alpha value is -0.980. The van der Waals surface area contributed by atoms with Crippen molar-refractivity contribution in [1.29, 1.82) is 0 Å². The summed E-state index contributed by atoms with van der Waals surface area (Å²) in [5.74, 6) is 0.711. The molecule has 0 saturated carbocycles. The molecule has 0 radical (unpaired) electrons. The Balaban J connectivity index is 1.86. The van der Waals surface area contributed by atoms with Crippen LogP contribution >= 0.6 is 0 Å². The highest BCUT2D eigenvalue weighted by Gasteiger charge is 2.20. The first-order valence-electron chi connectivity index (χ1n) is 4.68. The summed E-state index contributed by atoms with van der Waals surface area (Å²) in [5.41, 5.74) is 5.54. The molecule has 1 aliphatic heterocycles. The van der Waals surface area contributed by atoms with Crippen molar-refractivity contribution in [1.82, 2.24) is 15.0 Å². The van der Waals surface area contributed by atoms with Gasteiger partial charge >= 0.3 is 0 Å². The number of morpholine rings is 1. The first-order chi connectivity index (χ1) is 6.88. The molecule has 1 fully saturated rings. The fourth-order valence-electron chi connectivity index (χ4n) is 1.53. The summed E-state index contributed by atoms with van der Waals surface area (Å²) < 4.78 is 10.1. The zero-order chi connectivity index (χ0) is 9.80. The standard InChI is InChI=1S/C8H14N4O2/c9-3-7-4-12(1-2-13-7)5-8-10-6-14-11-8/h6-7H,1-5,9H2. The molecule has 1 aromatic heterocycles. The predicted molar refractivity (Wildman–Crippen MR) is 48.4 cm³/mol. The molecule has 14 heavy (non-hydrogen) atoms. The van der Waals surface area contributed by atoms with Gasteiger partial charge in [0.25, 0.3) is 0 Å². The van der Waals surface area contributed by atoms with Crippen LogP contribution in [0, 0.1) is 0 Å². The highest BCUT2D eigenvalue weighted by Crippen LogP contribution is 2.06. The number of nitrogens with two attached hydrogens (primary N) is 1. The van der Waals surface area contributed by atoms with Crippen LogP contribution in [0.15, 0.2) is 10.9 Å². The van der Waals surface area contributed by atoms with Crippen molar-refractivity contribution in [3.05, 3.63) is 12.2 Å². The van der Waals surface area contributed by atoms with E-state index in [9.17, 15) is 0 Å². The van der Waals surface area contributed by atoms with Gasteiger partial charge in [0.05, 0.1) is 19.3 Å². The Labute approximate surface area is 82.0 Å². The van der Waals surface area contributed by atoms with Crippen molar-refractivity contribution in [2.24, 2.45) is 5.73 Å². The van der Waals surface area contributed by atoms with Crippen LogP contribution in [0.3, 0.4) is 0 Å². The van der Waals surface area contributed by atoms with Crippen LogP contribution < -0.4 is 5.73 Å². The number of nitrogens with zero attached hydrogens (tertiary/aromatic N) is 3. The normalized spacial score (nSPS) is 23.9. The van der Waals surface area contributed by atoms with Crippen LogP contribution in [-0.2, 0) is 11.3 Å². The molecule has 0 aliphatic carbocycles. The maximum Gasteiger partial charge on any atom is 0.213 e. The van der Waals surface area contributed by atoms with Gasteiger partial charge < -0.3 is 15.0 Å². The van der Waals surface area contributed by atoms with Crippen molar-refractivity contribution in [3.63, 3.8) is 0 Å². The van der Waals surface area contributed by atoms with Gasteiger partial charge in [0, 0.05) is 19.6 Å². The SMILES string of the molecule is NCC1CN(Cc2ncon2)CCO1. The van der Waals surface area contributed by atoms with E-state index in [-0.39, 0.29) is 6.10 Å². The van der Waals surface area contributed by atoms with Crippen molar-refractivity contribution in [3.8, 4) is 0 Å². The summed E-state index contributed by atoms with van der Waals surface area (Å²) >= 11 is 0. The molecule has 1 aromatic rings. The van der Waals surface area contributed by atoms with Crippen LogP contribution in [-0.4, -0.2) is 47.4 Å². The van der Waals surface area contributed by atoms with Gasteiger partial charge in [0.1, 0.15) is 0 Å². The van der Waals surface area contributed by atoms with Crippen molar-refractivity contribution in [2.45, 2.75) is 12.6 Å². The van der Waals surface area contributed by atoms with E-state index >= 15 is 0 Å². The predicted octanol–water partition coefficient (Wildman–Crippen LogP) is -0.771. The second-order valence-electron chi connectivity index (χ2n) is 3.31. The minimum Gasteiger partial charge on any atom is -0.374 e. The third kappa shape index (κ3) is 2.28. The molecule has 0 aromatic carbocycles. The molecule has 6 nitrogen and oxygen atoms in total. The molecule has 0 spiro atoms. The number of aromatic nitrogens is 2. The maximum absolute atomic E-state index is 5.54. The highest BCUT2D eigenvalue weighted by molar-refractivity contribution is 4.81. The lowest BCUT2D eigenvalue weighted by molar-refractivity contribution is -0.0269.